The van der Waals surface area contributed by atoms with Crippen molar-refractivity contribution in [1.29, 1.82) is 0 Å². The van der Waals surface area contributed by atoms with Gasteiger partial charge in [0.1, 0.15) is 0 Å². The lowest BCUT2D eigenvalue weighted by Gasteiger charge is -2.34. The first-order valence-corrected chi connectivity index (χ1v) is 8.72. The summed E-state index contributed by atoms with van der Waals surface area (Å²) in [5.41, 5.74) is 7.12. The molecule has 1 aromatic carbocycles. The van der Waals surface area contributed by atoms with Gasteiger partial charge in [-0.05, 0) is 55.7 Å². The van der Waals surface area contributed by atoms with Gasteiger partial charge in [0, 0.05) is 25.0 Å². The zero-order valence-electron chi connectivity index (χ0n) is 12.8. The van der Waals surface area contributed by atoms with Crippen LogP contribution in [0.25, 0.3) is 0 Å². The number of nitrogens with two attached hydrogens (primary N) is 1. The van der Waals surface area contributed by atoms with Gasteiger partial charge in [0.05, 0.1) is 10.0 Å². The second-order valence-corrected chi connectivity index (χ2v) is 7.48. The molecular formula is C17H22Cl2N2O. The van der Waals surface area contributed by atoms with Crippen molar-refractivity contribution in [3.05, 3.63) is 33.8 Å². The molecule has 0 bridgehead atoms. The molecule has 3 nitrogen and oxygen atoms in total. The van der Waals surface area contributed by atoms with Gasteiger partial charge in [-0.15, -0.1) is 0 Å². The second kappa shape index (κ2) is 6.38. The smallest absolute Gasteiger partial charge is 0.226 e. The minimum Gasteiger partial charge on any atom is -0.342 e. The number of hydrogen-bond donors (Lipinski definition) is 1. The van der Waals surface area contributed by atoms with Gasteiger partial charge in [-0.2, -0.15) is 0 Å². The number of hydrogen-bond acceptors (Lipinski definition) is 2. The average molecular weight is 341 g/mol. The summed E-state index contributed by atoms with van der Waals surface area (Å²) in [4.78, 5) is 14.7. The first-order valence-electron chi connectivity index (χ1n) is 7.96. The molecule has 1 amide bonds. The van der Waals surface area contributed by atoms with Gasteiger partial charge in [0.25, 0.3) is 0 Å². The fraction of sp³-hybridized carbons (Fsp3) is 0.588. The van der Waals surface area contributed by atoms with Crippen molar-refractivity contribution in [2.75, 3.05) is 13.1 Å². The number of piperidine rings is 1. The van der Waals surface area contributed by atoms with Crippen LogP contribution in [-0.4, -0.2) is 29.9 Å². The summed E-state index contributed by atoms with van der Waals surface area (Å²) >= 11 is 12.0. The van der Waals surface area contributed by atoms with Crippen LogP contribution in [0.3, 0.4) is 0 Å². The third kappa shape index (κ3) is 3.27. The Morgan fingerprint density at radius 3 is 2.82 bits per heavy atom. The van der Waals surface area contributed by atoms with Crippen LogP contribution in [0.15, 0.2) is 18.2 Å². The maximum Gasteiger partial charge on any atom is 0.226 e. The van der Waals surface area contributed by atoms with Gasteiger partial charge in [-0.3, -0.25) is 4.79 Å². The summed E-state index contributed by atoms with van der Waals surface area (Å²) in [5, 5.41) is 1.12. The molecule has 22 heavy (non-hydrogen) atoms. The highest BCUT2D eigenvalue weighted by Gasteiger charge is 2.46. The van der Waals surface area contributed by atoms with Crippen LogP contribution < -0.4 is 5.73 Å². The Hall–Kier alpha value is -0.770. The highest BCUT2D eigenvalue weighted by Crippen LogP contribution is 2.49. The first-order chi connectivity index (χ1) is 10.5. The summed E-state index contributed by atoms with van der Waals surface area (Å²) in [7, 11) is 0. The summed E-state index contributed by atoms with van der Waals surface area (Å²) in [5.74, 6) is 1.10. The maximum atomic E-state index is 12.7. The van der Waals surface area contributed by atoms with Crippen molar-refractivity contribution < 1.29 is 4.79 Å². The Morgan fingerprint density at radius 2 is 2.14 bits per heavy atom. The summed E-state index contributed by atoms with van der Waals surface area (Å²) < 4.78 is 0. The van der Waals surface area contributed by atoms with Gasteiger partial charge < -0.3 is 10.6 Å². The molecule has 5 heteroatoms. The van der Waals surface area contributed by atoms with Crippen LogP contribution in [0.4, 0.5) is 0 Å². The van der Waals surface area contributed by atoms with Crippen molar-refractivity contribution in [3.8, 4) is 0 Å². The van der Waals surface area contributed by atoms with Gasteiger partial charge >= 0.3 is 0 Å². The minimum absolute atomic E-state index is 0.101. The number of nitrogens with zero attached hydrogens (tertiary/aromatic N) is 1. The molecule has 1 saturated heterocycles. The minimum atomic E-state index is 0.101. The summed E-state index contributed by atoms with van der Waals surface area (Å²) in [6.07, 6.45) is 3.10. The van der Waals surface area contributed by atoms with E-state index in [0.717, 1.165) is 37.9 Å². The van der Waals surface area contributed by atoms with Gasteiger partial charge in [0.2, 0.25) is 5.91 Å². The number of carbonyl (C=O) groups is 1. The molecule has 2 N–H and O–H groups in total. The Labute approximate surface area is 141 Å². The van der Waals surface area contributed by atoms with Crippen molar-refractivity contribution in [3.63, 3.8) is 0 Å². The normalized spacial score (nSPS) is 29.3. The highest BCUT2D eigenvalue weighted by molar-refractivity contribution is 6.42. The van der Waals surface area contributed by atoms with E-state index in [4.69, 9.17) is 28.9 Å². The molecule has 2 aliphatic rings. The molecule has 2 fully saturated rings. The van der Waals surface area contributed by atoms with E-state index in [2.05, 4.69) is 0 Å². The molecule has 3 rings (SSSR count). The summed E-state index contributed by atoms with van der Waals surface area (Å²) in [6.45, 7) is 3.71. The molecular weight excluding hydrogens is 319 g/mol. The quantitative estimate of drug-likeness (QED) is 0.912. The molecule has 1 aromatic rings. The largest absolute Gasteiger partial charge is 0.342 e. The second-order valence-electron chi connectivity index (χ2n) is 6.67. The number of rotatable bonds is 3. The molecule has 0 spiro atoms. The van der Waals surface area contributed by atoms with Crippen LogP contribution >= 0.6 is 23.2 Å². The molecule has 1 heterocycles. The zero-order valence-corrected chi connectivity index (χ0v) is 14.3. The van der Waals surface area contributed by atoms with Gasteiger partial charge in [-0.25, -0.2) is 0 Å². The third-order valence-electron chi connectivity index (χ3n) is 4.99. The van der Waals surface area contributed by atoms with Gasteiger partial charge in [0.15, 0.2) is 0 Å². The fourth-order valence-corrected chi connectivity index (χ4v) is 3.76. The fourth-order valence-electron chi connectivity index (χ4n) is 3.45. The number of carbonyl (C=O) groups excluding carboxylic acids is 1. The van der Waals surface area contributed by atoms with E-state index < -0.39 is 0 Å². The molecule has 0 unspecified atom stereocenters. The van der Waals surface area contributed by atoms with E-state index in [-0.39, 0.29) is 23.8 Å². The van der Waals surface area contributed by atoms with Crippen LogP contribution in [0.1, 0.15) is 37.7 Å². The monoisotopic (exact) mass is 340 g/mol. The Balaban J connectivity index is 1.63. The predicted octanol–water partition coefficient (Wildman–Crippen LogP) is 3.68. The Morgan fingerprint density at radius 1 is 1.36 bits per heavy atom. The molecule has 120 valence electrons. The lowest BCUT2D eigenvalue weighted by molar-refractivity contribution is -0.134. The van der Waals surface area contributed by atoms with Crippen molar-refractivity contribution in [1.82, 2.24) is 4.90 Å². The van der Waals surface area contributed by atoms with E-state index in [9.17, 15) is 4.79 Å². The Bertz CT molecular complexity index is 576. The van der Waals surface area contributed by atoms with Crippen molar-refractivity contribution in [2.45, 2.75) is 38.1 Å². The highest BCUT2D eigenvalue weighted by atomic mass is 35.5. The Kier molecular flexibility index (Phi) is 4.67. The lowest BCUT2D eigenvalue weighted by atomic mass is 9.92. The molecule has 0 radical (unpaired) electrons. The maximum absolute atomic E-state index is 12.7. The van der Waals surface area contributed by atoms with Crippen LogP contribution in [0.5, 0.6) is 0 Å². The number of likely N-dealkylation sites (tertiary alicyclic amines) is 1. The molecule has 0 aromatic heterocycles. The third-order valence-corrected chi connectivity index (χ3v) is 5.73. The first kappa shape index (κ1) is 16.1. The molecule has 1 aliphatic carbocycles. The average Bonchev–Trinajstić information content (AvgIpc) is 3.30. The lowest BCUT2D eigenvalue weighted by Crippen LogP contribution is -2.45. The van der Waals surface area contributed by atoms with Crippen molar-refractivity contribution >= 4 is 29.1 Å². The van der Waals surface area contributed by atoms with E-state index in [1.807, 2.05) is 30.0 Å². The molecule has 4 atom stereocenters. The molecule has 1 aliphatic heterocycles. The van der Waals surface area contributed by atoms with Gasteiger partial charge in [-0.1, -0.05) is 29.3 Å². The number of halogens is 2. The number of benzene rings is 1. The number of amides is 1. The van der Waals surface area contributed by atoms with E-state index in [1.54, 1.807) is 0 Å². The van der Waals surface area contributed by atoms with E-state index >= 15 is 0 Å². The predicted molar refractivity (Wildman–Crippen MR) is 90.3 cm³/mol. The zero-order chi connectivity index (χ0) is 15.9. The SMILES string of the molecule is C[C@H](N)[C@@H]1CCCN(C(=O)[C@H]2C[C@H]2c2ccc(Cl)c(Cl)c2)C1. The van der Waals surface area contributed by atoms with Crippen LogP contribution in [0.2, 0.25) is 10.0 Å². The topological polar surface area (TPSA) is 46.3 Å². The van der Waals surface area contributed by atoms with Crippen molar-refractivity contribution in [2.24, 2.45) is 17.6 Å². The standard InChI is InChI=1S/C17H22Cl2N2O/c1-10(20)12-3-2-6-21(9-12)17(22)14-8-13(14)11-4-5-15(18)16(19)7-11/h4-5,7,10,12-14H,2-3,6,8-9,20H2,1H3/t10-,12+,13-,14-/m0/s1. The summed E-state index contributed by atoms with van der Waals surface area (Å²) in [6, 6.07) is 5.84. The van der Waals surface area contributed by atoms with E-state index in [1.165, 1.54) is 0 Å². The van der Waals surface area contributed by atoms with E-state index in [0.29, 0.717) is 16.0 Å². The van der Waals surface area contributed by atoms with Crippen LogP contribution in [-0.2, 0) is 4.79 Å². The van der Waals surface area contributed by atoms with Crippen LogP contribution in [0, 0.1) is 11.8 Å². The molecule has 1 saturated carbocycles.